The fourth-order valence-electron chi connectivity index (χ4n) is 4.10. The van der Waals surface area contributed by atoms with Gasteiger partial charge in [-0.1, -0.05) is 23.7 Å². The van der Waals surface area contributed by atoms with Crippen molar-refractivity contribution in [3.63, 3.8) is 0 Å². The SMILES string of the molecule is O=c1[nH]c(=O)n(CCCN2C[C@H]3CC3(c3ccc(Cl)cc3)C2)cc1I. The number of aromatic nitrogens is 2. The average molecular weight is 472 g/mol. The van der Waals surface area contributed by atoms with Crippen LogP contribution in [-0.4, -0.2) is 34.1 Å². The van der Waals surface area contributed by atoms with Crippen LogP contribution in [0.3, 0.4) is 0 Å². The summed E-state index contributed by atoms with van der Waals surface area (Å²) in [4.78, 5) is 28.1. The minimum atomic E-state index is -0.327. The van der Waals surface area contributed by atoms with Crippen LogP contribution < -0.4 is 11.2 Å². The van der Waals surface area contributed by atoms with Gasteiger partial charge in [0.25, 0.3) is 5.56 Å². The molecule has 1 aliphatic heterocycles. The highest BCUT2D eigenvalue weighted by atomic mass is 127. The van der Waals surface area contributed by atoms with Gasteiger partial charge >= 0.3 is 5.69 Å². The molecule has 7 heteroatoms. The van der Waals surface area contributed by atoms with Gasteiger partial charge in [0, 0.05) is 36.3 Å². The molecule has 1 saturated carbocycles. The normalized spacial score (nSPS) is 25.1. The zero-order valence-electron chi connectivity index (χ0n) is 13.7. The van der Waals surface area contributed by atoms with Crippen molar-refractivity contribution in [2.45, 2.75) is 24.8 Å². The number of fused-ring (bicyclic) bond motifs is 1. The molecule has 25 heavy (non-hydrogen) atoms. The fraction of sp³-hybridized carbons (Fsp3) is 0.444. The molecule has 2 heterocycles. The van der Waals surface area contributed by atoms with E-state index in [1.807, 2.05) is 34.7 Å². The Bertz CT molecular complexity index is 908. The Balaban J connectivity index is 1.35. The van der Waals surface area contributed by atoms with Crippen molar-refractivity contribution in [3.05, 3.63) is 65.5 Å². The number of nitrogens with zero attached hydrogens (tertiary/aromatic N) is 2. The van der Waals surface area contributed by atoms with E-state index in [0.717, 1.165) is 37.0 Å². The zero-order valence-corrected chi connectivity index (χ0v) is 16.6. The van der Waals surface area contributed by atoms with Crippen LogP contribution in [0.15, 0.2) is 40.1 Å². The van der Waals surface area contributed by atoms with Crippen molar-refractivity contribution in [2.24, 2.45) is 5.92 Å². The summed E-state index contributed by atoms with van der Waals surface area (Å²) >= 11 is 7.96. The van der Waals surface area contributed by atoms with Gasteiger partial charge in [0.15, 0.2) is 0 Å². The van der Waals surface area contributed by atoms with Crippen molar-refractivity contribution in [1.29, 1.82) is 0 Å². The predicted molar refractivity (Wildman–Crippen MR) is 106 cm³/mol. The smallest absolute Gasteiger partial charge is 0.302 e. The van der Waals surface area contributed by atoms with Crippen LogP contribution >= 0.6 is 34.2 Å². The lowest BCUT2D eigenvalue weighted by atomic mass is 9.95. The highest BCUT2D eigenvalue weighted by molar-refractivity contribution is 14.1. The van der Waals surface area contributed by atoms with E-state index in [0.29, 0.717) is 15.5 Å². The van der Waals surface area contributed by atoms with E-state index < -0.39 is 0 Å². The van der Waals surface area contributed by atoms with E-state index in [1.165, 1.54) is 12.0 Å². The first-order chi connectivity index (χ1) is 12.0. The van der Waals surface area contributed by atoms with Gasteiger partial charge in [-0.2, -0.15) is 0 Å². The molecule has 1 aromatic heterocycles. The molecule has 2 fully saturated rings. The minimum absolute atomic E-state index is 0.314. The quantitative estimate of drug-likeness (QED) is 0.682. The van der Waals surface area contributed by atoms with Gasteiger partial charge in [0.1, 0.15) is 0 Å². The van der Waals surface area contributed by atoms with Crippen LogP contribution in [0.5, 0.6) is 0 Å². The van der Waals surface area contributed by atoms with Crippen molar-refractivity contribution in [1.82, 2.24) is 14.5 Å². The van der Waals surface area contributed by atoms with E-state index in [4.69, 9.17) is 11.6 Å². The molecule has 0 radical (unpaired) electrons. The molecule has 1 N–H and O–H groups in total. The highest BCUT2D eigenvalue weighted by Crippen LogP contribution is 2.59. The number of likely N-dealkylation sites (tertiary alicyclic amines) is 1. The van der Waals surface area contributed by atoms with E-state index in [9.17, 15) is 9.59 Å². The number of H-pyrrole nitrogens is 1. The molecule has 2 atom stereocenters. The van der Waals surface area contributed by atoms with Crippen LogP contribution in [0.1, 0.15) is 18.4 Å². The number of hydrogen-bond acceptors (Lipinski definition) is 3. The topological polar surface area (TPSA) is 58.1 Å². The van der Waals surface area contributed by atoms with E-state index in [2.05, 4.69) is 22.0 Å². The number of halogens is 2. The maximum atomic E-state index is 11.8. The first kappa shape index (κ1) is 17.3. The number of nitrogens with one attached hydrogen (secondary N) is 1. The molecule has 1 unspecified atom stereocenters. The number of aromatic amines is 1. The van der Waals surface area contributed by atoms with Crippen LogP contribution in [0, 0.1) is 9.49 Å². The summed E-state index contributed by atoms with van der Waals surface area (Å²) in [6.07, 6.45) is 3.80. The third-order valence-electron chi connectivity index (χ3n) is 5.48. The average Bonchev–Trinajstić information content (AvgIpc) is 3.15. The van der Waals surface area contributed by atoms with Gasteiger partial charge in [-0.3, -0.25) is 14.3 Å². The lowest BCUT2D eigenvalue weighted by molar-refractivity contribution is 0.287. The standard InChI is InChI=1S/C18H19ClIN3O2/c19-14-4-2-12(3-5-14)18-8-13(18)9-22(11-18)6-1-7-23-10-15(20)16(24)21-17(23)25/h2-5,10,13H,1,6-9,11H2,(H,21,24,25)/t13-,18?/m1/s1. The maximum Gasteiger partial charge on any atom is 0.328 e. The largest absolute Gasteiger partial charge is 0.328 e. The molecule has 2 aromatic rings. The summed E-state index contributed by atoms with van der Waals surface area (Å²) in [6, 6.07) is 8.28. The van der Waals surface area contributed by atoms with E-state index in [1.54, 1.807) is 10.8 Å². The molecule has 1 saturated heterocycles. The van der Waals surface area contributed by atoms with Crippen LogP contribution in [0.25, 0.3) is 0 Å². The van der Waals surface area contributed by atoms with Gasteiger partial charge in [-0.15, -0.1) is 0 Å². The third-order valence-corrected chi connectivity index (χ3v) is 6.50. The van der Waals surface area contributed by atoms with Crippen LogP contribution in [-0.2, 0) is 12.0 Å². The van der Waals surface area contributed by atoms with Gasteiger partial charge in [-0.25, -0.2) is 4.79 Å². The number of aryl methyl sites for hydroxylation is 1. The van der Waals surface area contributed by atoms with Crippen molar-refractivity contribution >= 4 is 34.2 Å². The molecule has 132 valence electrons. The van der Waals surface area contributed by atoms with Crippen LogP contribution in [0.2, 0.25) is 5.02 Å². The Morgan fingerprint density at radius 2 is 2.00 bits per heavy atom. The summed E-state index contributed by atoms with van der Waals surface area (Å²) in [7, 11) is 0. The number of hydrogen-bond donors (Lipinski definition) is 1. The third kappa shape index (κ3) is 3.31. The first-order valence-electron chi connectivity index (χ1n) is 8.46. The summed E-state index contributed by atoms with van der Waals surface area (Å²) < 4.78 is 2.14. The number of piperidine rings is 1. The molecule has 2 aliphatic rings. The van der Waals surface area contributed by atoms with Crippen LogP contribution in [0.4, 0.5) is 0 Å². The Labute approximate surface area is 164 Å². The molecule has 0 bridgehead atoms. The molecule has 1 aliphatic carbocycles. The van der Waals surface area contributed by atoms with Crippen molar-refractivity contribution < 1.29 is 0 Å². The zero-order chi connectivity index (χ0) is 17.6. The minimum Gasteiger partial charge on any atom is -0.302 e. The van der Waals surface area contributed by atoms with Gasteiger partial charge in [0.05, 0.1) is 3.57 Å². The van der Waals surface area contributed by atoms with Crippen molar-refractivity contribution in [3.8, 4) is 0 Å². The molecular formula is C18H19ClIN3O2. The maximum absolute atomic E-state index is 11.8. The van der Waals surface area contributed by atoms with Gasteiger partial charge in [0.2, 0.25) is 0 Å². The molecular weight excluding hydrogens is 453 g/mol. The second-order valence-electron chi connectivity index (χ2n) is 7.08. The molecule has 4 rings (SSSR count). The second-order valence-corrected chi connectivity index (χ2v) is 8.68. The lowest BCUT2D eigenvalue weighted by Crippen LogP contribution is -2.33. The summed E-state index contributed by atoms with van der Waals surface area (Å²) in [5, 5.41) is 0.785. The predicted octanol–water partition coefficient (Wildman–Crippen LogP) is 2.46. The van der Waals surface area contributed by atoms with E-state index >= 15 is 0 Å². The Kier molecular flexibility index (Phi) is 4.54. The molecule has 0 amide bonds. The van der Waals surface area contributed by atoms with Crippen molar-refractivity contribution in [2.75, 3.05) is 19.6 Å². The molecule has 1 aromatic carbocycles. The number of benzene rings is 1. The Morgan fingerprint density at radius 1 is 1.24 bits per heavy atom. The highest BCUT2D eigenvalue weighted by Gasteiger charge is 2.60. The Hall–Kier alpha value is -1.12. The monoisotopic (exact) mass is 471 g/mol. The Morgan fingerprint density at radius 3 is 2.76 bits per heavy atom. The van der Waals surface area contributed by atoms with E-state index in [-0.39, 0.29) is 11.2 Å². The molecule has 5 nitrogen and oxygen atoms in total. The second kappa shape index (κ2) is 6.55. The first-order valence-corrected chi connectivity index (χ1v) is 9.91. The van der Waals surface area contributed by atoms with Gasteiger partial charge in [-0.05, 0) is 65.6 Å². The number of rotatable bonds is 5. The fourth-order valence-corrected chi connectivity index (χ4v) is 4.70. The molecule has 0 spiro atoms. The lowest BCUT2D eigenvalue weighted by Gasteiger charge is -2.21. The summed E-state index contributed by atoms with van der Waals surface area (Å²) in [6.45, 7) is 3.80. The summed E-state index contributed by atoms with van der Waals surface area (Å²) in [5.74, 6) is 0.741. The van der Waals surface area contributed by atoms with Gasteiger partial charge < -0.3 is 4.90 Å². The summed E-state index contributed by atoms with van der Waals surface area (Å²) in [5.41, 5.74) is 1.07.